The summed E-state index contributed by atoms with van der Waals surface area (Å²) in [6, 6.07) is 13.5. The lowest BCUT2D eigenvalue weighted by Gasteiger charge is -2.16. The highest BCUT2D eigenvalue weighted by Crippen LogP contribution is 2.38. The fourth-order valence-corrected chi connectivity index (χ4v) is 2.92. The van der Waals surface area contributed by atoms with Crippen molar-refractivity contribution in [2.45, 2.75) is 13.1 Å². The molecule has 0 saturated carbocycles. The highest BCUT2D eigenvalue weighted by Gasteiger charge is 2.18. The van der Waals surface area contributed by atoms with Gasteiger partial charge in [0.1, 0.15) is 5.75 Å². The summed E-state index contributed by atoms with van der Waals surface area (Å²) in [5.41, 5.74) is 2.94. The molecule has 6 nitrogen and oxygen atoms in total. The lowest BCUT2D eigenvalue weighted by atomic mass is 10.1. The number of hydrogen-bond donors (Lipinski definition) is 1. The Bertz CT molecular complexity index is 877. The van der Waals surface area contributed by atoms with Gasteiger partial charge in [0.15, 0.2) is 11.5 Å². The van der Waals surface area contributed by atoms with Gasteiger partial charge in [0.05, 0.1) is 11.9 Å². The minimum Gasteiger partial charge on any atom is -0.507 e. The zero-order valence-electron chi connectivity index (χ0n) is 13.9. The third kappa shape index (κ3) is 3.29. The van der Waals surface area contributed by atoms with E-state index in [1.54, 1.807) is 6.07 Å². The first-order valence-electron chi connectivity index (χ1n) is 8.08. The smallest absolute Gasteiger partial charge is 0.231 e. The van der Waals surface area contributed by atoms with Gasteiger partial charge in [-0.1, -0.05) is 18.2 Å². The molecule has 3 aromatic rings. The summed E-state index contributed by atoms with van der Waals surface area (Å²) in [5, 5.41) is 14.6. The molecule has 0 saturated heterocycles. The van der Waals surface area contributed by atoms with Crippen molar-refractivity contribution in [2.24, 2.45) is 0 Å². The van der Waals surface area contributed by atoms with E-state index in [1.807, 2.05) is 60.5 Å². The Morgan fingerprint density at radius 2 is 1.88 bits per heavy atom. The highest BCUT2D eigenvalue weighted by molar-refractivity contribution is 5.51. The Morgan fingerprint density at radius 3 is 2.68 bits per heavy atom. The van der Waals surface area contributed by atoms with Crippen molar-refractivity contribution in [3.63, 3.8) is 0 Å². The van der Waals surface area contributed by atoms with Crippen molar-refractivity contribution in [2.75, 3.05) is 13.8 Å². The van der Waals surface area contributed by atoms with Crippen LogP contribution >= 0.6 is 0 Å². The molecule has 128 valence electrons. The molecule has 1 aromatic heterocycles. The van der Waals surface area contributed by atoms with E-state index < -0.39 is 0 Å². The zero-order chi connectivity index (χ0) is 17.2. The normalized spacial score (nSPS) is 12.7. The predicted molar refractivity (Wildman–Crippen MR) is 93.0 cm³/mol. The van der Waals surface area contributed by atoms with Crippen LogP contribution in [0.2, 0.25) is 0 Å². The lowest BCUT2D eigenvalue weighted by Crippen LogP contribution is -2.17. The van der Waals surface area contributed by atoms with Gasteiger partial charge in [-0.2, -0.15) is 5.10 Å². The van der Waals surface area contributed by atoms with E-state index in [-0.39, 0.29) is 12.5 Å². The van der Waals surface area contributed by atoms with Crippen molar-refractivity contribution in [3.05, 3.63) is 66.0 Å². The largest absolute Gasteiger partial charge is 0.507 e. The number of nitrogens with zero attached hydrogens (tertiary/aromatic N) is 3. The van der Waals surface area contributed by atoms with Crippen molar-refractivity contribution >= 4 is 0 Å². The molecule has 1 aliphatic heterocycles. The molecular weight excluding hydrogens is 318 g/mol. The molecule has 0 amide bonds. The minimum absolute atomic E-state index is 0.201. The SMILES string of the molecule is CN(Cc1cnn(-c2ccccc2)c1)Cc1cc2c(cc1O)OCO2. The van der Waals surface area contributed by atoms with E-state index in [1.165, 1.54) is 0 Å². The molecule has 0 radical (unpaired) electrons. The van der Waals surface area contributed by atoms with Crippen LogP contribution in [0.25, 0.3) is 5.69 Å². The maximum absolute atomic E-state index is 10.2. The first kappa shape index (κ1) is 15.5. The number of benzene rings is 2. The van der Waals surface area contributed by atoms with Crippen LogP contribution in [-0.4, -0.2) is 33.6 Å². The van der Waals surface area contributed by atoms with Crippen molar-refractivity contribution < 1.29 is 14.6 Å². The van der Waals surface area contributed by atoms with Crippen LogP contribution in [0.1, 0.15) is 11.1 Å². The Hall–Kier alpha value is -2.99. The number of rotatable bonds is 5. The molecular formula is C19H19N3O3. The Labute approximate surface area is 145 Å². The molecule has 1 aliphatic rings. The monoisotopic (exact) mass is 337 g/mol. The number of ether oxygens (including phenoxy) is 2. The lowest BCUT2D eigenvalue weighted by molar-refractivity contribution is 0.174. The molecule has 25 heavy (non-hydrogen) atoms. The molecule has 4 rings (SSSR count). The number of aromatic hydroxyl groups is 1. The average molecular weight is 337 g/mol. The molecule has 0 atom stereocenters. The fraction of sp³-hybridized carbons (Fsp3) is 0.211. The zero-order valence-corrected chi connectivity index (χ0v) is 13.9. The van der Waals surface area contributed by atoms with E-state index in [2.05, 4.69) is 10.00 Å². The highest BCUT2D eigenvalue weighted by atomic mass is 16.7. The number of aromatic nitrogens is 2. The predicted octanol–water partition coefficient (Wildman–Crippen LogP) is 2.94. The van der Waals surface area contributed by atoms with Gasteiger partial charge < -0.3 is 14.6 Å². The van der Waals surface area contributed by atoms with E-state index in [9.17, 15) is 5.11 Å². The third-order valence-corrected chi connectivity index (χ3v) is 4.12. The summed E-state index contributed by atoms with van der Waals surface area (Å²) in [6.07, 6.45) is 3.88. The Kier molecular flexibility index (Phi) is 4.03. The van der Waals surface area contributed by atoms with Gasteiger partial charge in [-0.3, -0.25) is 4.90 Å². The molecule has 0 spiro atoms. The van der Waals surface area contributed by atoms with Gasteiger partial charge in [0.2, 0.25) is 6.79 Å². The van der Waals surface area contributed by atoms with Crippen LogP contribution < -0.4 is 9.47 Å². The quantitative estimate of drug-likeness (QED) is 0.776. The molecule has 0 aliphatic carbocycles. The van der Waals surface area contributed by atoms with Crippen molar-refractivity contribution in [3.8, 4) is 22.9 Å². The Balaban J connectivity index is 1.45. The summed E-state index contributed by atoms with van der Waals surface area (Å²) in [6.45, 7) is 1.52. The summed E-state index contributed by atoms with van der Waals surface area (Å²) in [4.78, 5) is 2.11. The molecule has 0 bridgehead atoms. The summed E-state index contributed by atoms with van der Waals surface area (Å²) < 4.78 is 12.5. The second kappa shape index (κ2) is 6.49. The third-order valence-electron chi connectivity index (χ3n) is 4.12. The van der Waals surface area contributed by atoms with Gasteiger partial charge >= 0.3 is 0 Å². The maximum atomic E-state index is 10.2. The van der Waals surface area contributed by atoms with Crippen LogP contribution in [0.5, 0.6) is 17.2 Å². The van der Waals surface area contributed by atoms with Gasteiger partial charge in [-0.25, -0.2) is 4.68 Å². The second-order valence-electron chi connectivity index (χ2n) is 6.14. The molecule has 2 heterocycles. The molecule has 6 heteroatoms. The van der Waals surface area contributed by atoms with Crippen LogP contribution in [-0.2, 0) is 13.1 Å². The van der Waals surface area contributed by atoms with Gasteiger partial charge in [0.25, 0.3) is 0 Å². The van der Waals surface area contributed by atoms with E-state index in [0.717, 1.165) is 23.4 Å². The Morgan fingerprint density at radius 1 is 1.12 bits per heavy atom. The summed E-state index contributed by atoms with van der Waals surface area (Å²) >= 11 is 0. The van der Waals surface area contributed by atoms with Gasteiger partial charge in [-0.05, 0) is 25.2 Å². The fourth-order valence-electron chi connectivity index (χ4n) is 2.92. The summed E-state index contributed by atoms with van der Waals surface area (Å²) in [5.74, 6) is 1.49. The number of hydrogen-bond acceptors (Lipinski definition) is 5. The topological polar surface area (TPSA) is 59.8 Å². The number of phenolic OH excluding ortho intramolecular Hbond substituents is 1. The molecule has 0 unspecified atom stereocenters. The van der Waals surface area contributed by atoms with Gasteiger partial charge in [0, 0.05) is 36.5 Å². The molecule has 2 aromatic carbocycles. The van der Waals surface area contributed by atoms with E-state index in [0.29, 0.717) is 18.0 Å². The first-order chi connectivity index (χ1) is 12.2. The first-order valence-corrected chi connectivity index (χ1v) is 8.08. The standard InChI is InChI=1S/C19H19N3O3/c1-21(12-15-7-18-19(8-17(15)23)25-13-24-18)10-14-9-20-22(11-14)16-5-3-2-4-6-16/h2-9,11,23H,10,12-13H2,1H3. The second-order valence-corrected chi connectivity index (χ2v) is 6.14. The maximum Gasteiger partial charge on any atom is 0.231 e. The van der Waals surface area contributed by atoms with E-state index in [4.69, 9.17) is 9.47 Å². The minimum atomic E-state index is 0.201. The molecule has 1 N–H and O–H groups in total. The number of para-hydroxylation sites is 1. The van der Waals surface area contributed by atoms with Crippen LogP contribution in [0, 0.1) is 0 Å². The van der Waals surface area contributed by atoms with Crippen LogP contribution in [0.15, 0.2) is 54.9 Å². The average Bonchev–Trinajstić information content (AvgIpc) is 3.25. The number of fused-ring (bicyclic) bond motifs is 1. The van der Waals surface area contributed by atoms with Crippen LogP contribution in [0.4, 0.5) is 0 Å². The molecule has 0 fully saturated rings. The van der Waals surface area contributed by atoms with Crippen molar-refractivity contribution in [1.82, 2.24) is 14.7 Å². The number of phenols is 1. The van der Waals surface area contributed by atoms with E-state index >= 15 is 0 Å². The van der Waals surface area contributed by atoms with Gasteiger partial charge in [-0.15, -0.1) is 0 Å². The van der Waals surface area contributed by atoms with Crippen LogP contribution in [0.3, 0.4) is 0 Å². The summed E-state index contributed by atoms with van der Waals surface area (Å²) in [7, 11) is 2.00. The van der Waals surface area contributed by atoms with Crippen molar-refractivity contribution in [1.29, 1.82) is 0 Å².